The molecule has 3 aliphatic heterocycles. The summed E-state index contributed by atoms with van der Waals surface area (Å²) in [5.41, 5.74) is -1.21. The molecule has 0 bridgehead atoms. The van der Waals surface area contributed by atoms with Crippen LogP contribution in [0, 0.1) is 5.82 Å². The molecule has 3 fully saturated rings. The number of nitrogens with two attached hydrogens (primary N) is 1. The number of hydrogen-bond donors (Lipinski definition) is 1. The van der Waals surface area contributed by atoms with Crippen molar-refractivity contribution in [1.82, 2.24) is 9.80 Å². The molecule has 1 aromatic rings. The van der Waals surface area contributed by atoms with Crippen LogP contribution in [0.25, 0.3) is 0 Å². The largest absolute Gasteiger partial charge is 0.351 e. The van der Waals surface area contributed by atoms with Crippen LogP contribution in [-0.2, 0) is 19.6 Å². The third-order valence-electron chi connectivity index (χ3n) is 5.16. The molecule has 2 atom stereocenters. The van der Waals surface area contributed by atoms with Crippen molar-refractivity contribution < 1.29 is 27.1 Å². The zero-order chi connectivity index (χ0) is 18.0. The number of carbonyl (C=O) groups excluding carboxylic acids is 2. The quantitative estimate of drug-likeness (QED) is 0.766. The van der Waals surface area contributed by atoms with Crippen molar-refractivity contribution in [2.45, 2.75) is 29.5 Å². The lowest BCUT2D eigenvalue weighted by Crippen LogP contribution is -2.48. The van der Waals surface area contributed by atoms with E-state index in [0.717, 1.165) is 18.2 Å². The summed E-state index contributed by atoms with van der Waals surface area (Å²) in [6.07, 6.45) is 0.563. The number of amides is 2. The van der Waals surface area contributed by atoms with Crippen LogP contribution in [0.5, 0.6) is 0 Å². The molecule has 4 rings (SSSR count). The number of benzene rings is 1. The van der Waals surface area contributed by atoms with Crippen molar-refractivity contribution in [2.24, 2.45) is 5.14 Å². The minimum Gasteiger partial charge on any atom is -0.351 e. The first-order valence-corrected chi connectivity index (χ1v) is 9.36. The van der Waals surface area contributed by atoms with Gasteiger partial charge in [0.1, 0.15) is 5.82 Å². The molecule has 10 heteroatoms. The van der Waals surface area contributed by atoms with Gasteiger partial charge in [0.2, 0.25) is 15.9 Å². The maximum Gasteiger partial charge on any atom is 0.257 e. The second-order valence-electron chi connectivity index (χ2n) is 6.39. The van der Waals surface area contributed by atoms with Gasteiger partial charge in [-0.15, -0.1) is 0 Å². The van der Waals surface area contributed by atoms with Crippen LogP contribution < -0.4 is 5.14 Å². The lowest BCUT2D eigenvalue weighted by Gasteiger charge is -2.31. The van der Waals surface area contributed by atoms with E-state index in [1.54, 1.807) is 4.90 Å². The highest BCUT2D eigenvalue weighted by Crippen LogP contribution is 2.46. The van der Waals surface area contributed by atoms with E-state index in [-0.39, 0.29) is 22.8 Å². The summed E-state index contributed by atoms with van der Waals surface area (Å²) < 4.78 is 42.9. The highest BCUT2D eigenvalue weighted by atomic mass is 32.2. The second kappa shape index (κ2) is 5.23. The van der Waals surface area contributed by atoms with Crippen molar-refractivity contribution in [3.63, 3.8) is 0 Å². The molecule has 1 aromatic carbocycles. The monoisotopic (exact) mass is 369 g/mol. The first kappa shape index (κ1) is 16.4. The normalized spacial score (nSPS) is 28.4. The molecule has 0 aromatic heterocycles. The lowest BCUT2D eigenvalue weighted by atomic mass is 10.1. The van der Waals surface area contributed by atoms with E-state index in [4.69, 9.17) is 9.88 Å². The number of sulfonamides is 1. The zero-order valence-corrected chi connectivity index (χ0v) is 14.0. The highest BCUT2D eigenvalue weighted by molar-refractivity contribution is 7.89. The molecule has 1 spiro atoms. The summed E-state index contributed by atoms with van der Waals surface area (Å²) in [5, 5.41) is 5.06. The van der Waals surface area contributed by atoms with E-state index in [9.17, 15) is 22.4 Å². The van der Waals surface area contributed by atoms with Gasteiger partial charge in [0.15, 0.2) is 5.72 Å². The lowest BCUT2D eigenvalue weighted by molar-refractivity contribution is -0.136. The molecule has 2 N–H and O–H groups in total. The van der Waals surface area contributed by atoms with E-state index < -0.39 is 33.5 Å². The first-order chi connectivity index (χ1) is 11.7. The molecule has 25 heavy (non-hydrogen) atoms. The SMILES string of the molecule is NS(=O)(=O)c1ccc(F)c(C(=O)N2CC[C@@]34OCCN3C(=O)C[C@@H]24)c1. The maximum absolute atomic E-state index is 14.2. The minimum atomic E-state index is -4.07. The van der Waals surface area contributed by atoms with Gasteiger partial charge in [0, 0.05) is 19.5 Å². The average Bonchev–Trinajstić information content (AvgIpc) is 3.17. The van der Waals surface area contributed by atoms with Crippen molar-refractivity contribution >= 4 is 21.8 Å². The number of rotatable bonds is 2. The molecule has 134 valence electrons. The van der Waals surface area contributed by atoms with Crippen LogP contribution in [0.4, 0.5) is 4.39 Å². The molecule has 3 aliphatic rings. The summed E-state index contributed by atoms with van der Waals surface area (Å²) in [6, 6.07) is 2.33. The Labute approximate surface area is 143 Å². The zero-order valence-electron chi connectivity index (χ0n) is 13.1. The first-order valence-electron chi connectivity index (χ1n) is 7.82. The van der Waals surface area contributed by atoms with Crippen LogP contribution in [0.15, 0.2) is 23.1 Å². The highest BCUT2D eigenvalue weighted by Gasteiger charge is 2.63. The summed E-state index contributed by atoms with van der Waals surface area (Å²) in [7, 11) is -4.07. The van der Waals surface area contributed by atoms with Gasteiger partial charge < -0.3 is 14.5 Å². The number of primary sulfonamides is 1. The van der Waals surface area contributed by atoms with E-state index >= 15 is 0 Å². The van der Waals surface area contributed by atoms with E-state index in [2.05, 4.69) is 0 Å². The van der Waals surface area contributed by atoms with Gasteiger partial charge in [0.25, 0.3) is 5.91 Å². The topological polar surface area (TPSA) is 110 Å². The van der Waals surface area contributed by atoms with E-state index in [1.807, 2.05) is 0 Å². The van der Waals surface area contributed by atoms with Crippen molar-refractivity contribution in [3.8, 4) is 0 Å². The van der Waals surface area contributed by atoms with Crippen LogP contribution >= 0.6 is 0 Å². The van der Waals surface area contributed by atoms with Gasteiger partial charge >= 0.3 is 0 Å². The van der Waals surface area contributed by atoms with Crippen LogP contribution in [0.3, 0.4) is 0 Å². The Balaban J connectivity index is 1.70. The van der Waals surface area contributed by atoms with Gasteiger partial charge in [-0.1, -0.05) is 0 Å². The molecular formula is C15H16FN3O5S. The number of nitrogens with zero attached hydrogens (tertiary/aromatic N) is 2. The Morgan fingerprint density at radius 3 is 2.84 bits per heavy atom. The van der Waals surface area contributed by atoms with E-state index in [1.165, 1.54) is 4.90 Å². The fraction of sp³-hybridized carbons (Fsp3) is 0.467. The Hall–Kier alpha value is -2.04. The molecule has 8 nitrogen and oxygen atoms in total. The van der Waals surface area contributed by atoms with Crippen LogP contribution in [0.2, 0.25) is 0 Å². The van der Waals surface area contributed by atoms with Gasteiger partial charge in [0.05, 0.1) is 29.5 Å². The van der Waals surface area contributed by atoms with E-state index in [0.29, 0.717) is 26.1 Å². The van der Waals surface area contributed by atoms with Gasteiger partial charge in [-0.2, -0.15) is 0 Å². The molecule has 0 aliphatic carbocycles. The van der Waals surface area contributed by atoms with Crippen LogP contribution in [-0.4, -0.2) is 61.5 Å². The third kappa shape index (κ3) is 2.28. The fourth-order valence-corrected chi connectivity index (χ4v) is 4.57. The summed E-state index contributed by atoms with van der Waals surface area (Å²) >= 11 is 0. The van der Waals surface area contributed by atoms with Crippen molar-refractivity contribution in [2.75, 3.05) is 19.7 Å². The summed E-state index contributed by atoms with van der Waals surface area (Å²) in [5.74, 6) is -1.61. The average molecular weight is 369 g/mol. The number of carbonyl (C=O) groups is 2. The molecule has 2 amide bonds. The molecular weight excluding hydrogens is 353 g/mol. The minimum absolute atomic E-state index is 0.0984. The van der Waals surface area contributed by atoms with Gasteiger partial charge in [-0.3, -0.25) is 9.59 Å². The molecule has 3 saturated heterocycles. The third-order valence-corrected chi connectivity index (χ3v) is 6.07. The molecule has 0 unspecified atom stereocenters. The Morgan fingerprint density at radius 1 is 1.36 bits per heavy atom. The van der Waals surface area contributed by atoms with Crippen molar-refractivity contribution in [3.05, 3.63) is 29.6 Å². The van der Waals surface area contributed by atoms with Crippen molar-refractivity contribution in [1.29, 1.82) is 0 Å². The predicted molar refractivity (Wildman–Crippen MR) is 82.2 cm³/mol. The van der Waals surface area contributed by atoms with Gasteiger partial charge in [-0.05, 0) is 18.2 Å². The Morgan fingerprint density at radius 2 is 2.12 bits per heavy atom. The molecule has 0 saturated carbocycles. The van der Waals surface area contributed by atoms with Gasteiger partial charge in [-0.25, -0.2) is 17.9 Å². The Kier molecular flexibility index (Phi) is 3.44. The maximum atomic E-state index is 14.2. The number of hydrogen-bond acceptors (Lipinski definition) is 5. The van der Waals surface area contributed by atoms with Crippen LogP contribution in [0.1, 0.15) is 23.2 Å². The molecule has 3 heterocycles. The predicted octanol–water partition coefficient (Wildman–Crippen LogP) is -0.354. The Bertz CT molecular complexity index is 889. The fourth-order valence-electron chi connectivity index (χ4n) is 4.03. The summed E-state index contributed by atoms with van der Waals surface area (Å²) in [4.78, 5) is 27.7. The standard InChI is InChI=1S/C15H16FN3O5S/c16-11-2-1-9(25(17,22)23)7-10(11)14(21)18-4-3-15-12(18)8-13(20)19(15)5-6-24-15/h1-2,7,12H,3-6,8H2,(H2,17,22,23)/t12-,15+/m1/s1. The number of ether oxygens (including phenoxy) is 1. The summed E-state index contributed by atoms with van der Waals surface area (Å²) in [6.45, 7) is 1.18. The number of halogens is 1. The molecule has 0 radical (unpaired) electrons. The smallest absolute Gasteiger partial charge is 0.257 e. The number of likely N-dealkylation sites (tertiary alicyclic amines) is 1. The second-order valence-corrected chi connectivity index (χ2v) is 7.96.